The van der Waals surface area contributed by atoms with E-state index >= 15 is 0 Å². The molecule has 14 heteroatoms. The molecule has 6 nitrogen and oxygen atoms in total. The van der Waals surface area contributed by atoms with Crippen LogP contribution in [0.1, 0.15) is 12.5 Å². The maximum absolute atomic E-state index is 14.4. The summed E-state index contributed by atoms with van der Waals surface area (Å²) in [6.45, 7) is 0.539. The number of para-hydroxylation sites is 1. The van der Waals surface area contributed by atoms with Crippen molar-refractivity contribution in [3.63, 3.8) is 0 Å². The van der Waals surface area contributed by atoms with E-state index in [2.05, 4.69) is 26.1 Å². The molecule has 1 heterocycles. The molecule has 1 aliphatic rings. The lowest BCUT2D eigenvalue weighted by Gasteiger charge is -2.42. The Labute approximate surface area is 195 Å². The Balaban J connectivity index is 2.05. The normalized spacial score (nSPS) is 16.7. The Kier molecular flexibility index (Phi) is 7.10. The third kappa shape index (κ3) is 4.95. The SMILES string of the molecule is CC1N(OC(=O)C(F)(F)F)C(NCc2ccc(F)cc2F)=C(Br)C(=O)N1c1c(F)cccc1F. The van der Waals surface area contributed by atoms with Crippen LogP contribution in [0.2, 0.25) is 0 Å². The summed E-state index contributed by atoms with van der Waals surface area (Å²) in [4.78, 5) is 29.3. The molecule has 2 aromatic carbocycles. The number of benzene rings is 2. The summed E-state index contributed by atoms with van der Waals surface area (Å²) in [5, 5.41) is 2.69. The minimum Gasteiger partial charge on any atom is -0.364 e. The van der Waals surface area contributed by atoms with E-state index in [0.717, 1.165) is 37.3 Å². The quantitative estimate of drug-likeness (QED) is 0.546. The molecule has 182 valence electrons. The van der Waals surface area contributed by atoms with Gasteiger partial charge in [-0.05, 0) is 41.1 Å². The number of rotatable bonds is 5. The molecule has 0 spiro atoms. The summed E-state index contributed by atoms with van der Waals surface area (Å²) in [7, 11) is 0. The average Bonchev–Trinajstić information content (AvgIpc) is 2.74. The molecule has 0 aromatic heterocycles. The fourth-order valence-electron chi connectivity index (χ4n) is 3.04. The lowest BCUT2D eigenvalue weighted by molar-refractivity contribution is -0.239. The van der Waals surface area contributed by atoms with Gasteiger partial charge in [0.2, 0.25) is 0 Å². The van der Waals surface area contributed by atoms with Gasteiger partial charge in [0.1, 0.15) is 39.6 Å². The largest absolute Gasteiger partial charge is 0.493 e. The number of carbonyl (C=O) groups is 2. The molecule has 0 bridgehead atoms. The van der Waals surface area contributed by atoms with Gasteiger partial charge in [-0.2, -0.15) is 18.2 Å². The van der Waals surface area contributed by atoms with Gasteiger partial charge in [-0.1, -0.05) is 12.1 Å². The summed E-state index contributed by atoms with van der Waals surface area (Å²) in [5.41, 5.74) is -1.06. The van der Waals surface area contributed by atoms with Crippen molar-refractivity contribution in [2.45, 2.75) is 25.8 Å². The number of hydrogen-bond acceptors (Lipinski definition) is 5. The van der Waals surface area contributed by atoms with Crippen molar-refractivity contribution in [3.05, 3.63) is 75.5 Å². The molecule has 0 fully saturated rings. The summed E-state index contributed by atoms with van der Waals surface area (Å²) < 4.78 is 93.9. The number of anilines is 1. The molecule has 1 aliphatic heterocycles. The highest BCUT2D eigenvalue weighted by atomic mass is 79.9. The minimum absolute atomic E-state index is 0.154. The van der Waals surface area contributed by atoms with Crippen LogP contribution in [-0.2, 0) is 21.0 Å². The fraction of sp³-hybridized carbons (Fsp3) is 0.200. The van der Waals surface area contributed by atoms with Gasteiger partial charge in [0, 0.05) is 18.2 Å². The van der Waals surface area contributed by atoms with Gasteiger partial charge >= 0.3 is 12.1 Å². The Hall–Kier alpha value is -3.29. The summed E-state index contributed by atoms with van der Waals surface area (Å²) in [5.74, 6) is -8.71. The van der Waals surface area contributed by atoms with Crippen LogP contribution in [0.4, 0.5) is 36.4 Å². The highest BCUT2D eigenvalue weighted by molar-refractivity contribution is 9.12. The van der Waals surface area contributed by atoms with Crippen LogP contribution in [-0.4, -0.2) is 29.3 Å². The Morgan fingerprint density at radius 1 is 1.09 bits per heavy atom. The number of amides is 1. The third-order valence-electron chi connectivity index (χ3n) is 4.60. The standard InChI is InChI=1S/C20H13BrF7N3O3/c1-9-30(16-12(23)3-2-4-13(16)24)18(32)15(21)17(31(9)34-19(33)20(26,27)28)29-8-10-5-6-11(22)7-14(10)25/h2-7,9,29H,8H2,1H3. The van der Waals surface area contributed by atoms with Crippen molar-refractivity contribution in [1.29, 1.82) is 0 Å². The number of alkyl halides is 3. The first-order chi connectivity index (χ1) is 15.8. The predicted molar refractivity (Wildman–Crippen MR) is 106 cm³/mol. The number of carbonyl (C=O) groups excluding carboxylic acids is 2. The van der Waals surface area contributed by atoms with Crippen molar-refractivity contribution in [2.24, 2.45) is 0 Å². The predicted octanol–water partition coefficient (Wildman–Crippen LogP) is 4.61. The lowest BCUT2D eigenvalue weighted by Crippen LogP contribution is -2.57. The highest BCUT2D eigenvalue weighted by Gasteiger charge is 2.47. The maximum Gasteiger partial charge on any atom is 0.493 e. The van der Waals surface area contributed by atoms with Gasteiger partial charge in [-0.25, -0.2) is 22.4 Å². The van der Waals surface area contributed by atoms with Crippen LogP contribution in [0, 0.1) is 23.3 Å². The van der Waals surface area contributed by atoms with E-state index in [1.165, 1.54) is 0 Å². The number of nitrogens with zero attached hydrogens (tertiary/aromatic N) is 2. The molecule has 1 atom stereocenters. The van der Waals surface area contributed by atoms with E-state index in [1.54, 1.807) is 0 Å². The number of hydrogen-bond donors (Lipinski definition) is 1. The van der Waals surface area contributed by atoms with Crippen LogP contribution >= 0.6 is 15.9 Å². The molecule has 1 amide bonds. The van der Waals surface area contributed by atoms with Crippen LogP contribution in [0.5, 0.6) is 0 Å². The second-order valence-electron chi connectivity index (χ2n) is 6.83. The van der Waals surface area contributed by atoms with Gasteiger partial charge in [0.15, 0.2) is 5.82 Å². The second-order valence-corrected chi connectivity index (χ2v) is 7.62. The maximum atomic E-state index is 14.4. The molecule has 0 aliphatic carbocycles. The molecule has 3 rings (SSSR count). The van der Waals surface area contributed by atoms with Gasteiger partial charge in [0.05, 0.1) is 0 Å². The Morgan fingerprint density at radius 2 is 1.71 bits per heavy atom. The fourth-order valence-corrected chi connectivity index (χ4v) is 3.54. The lowest BCUT2D eigenvalue weighted by atomic mass is 10.2. The Bertz CT molecular complexity index is 1150. The van der Waals surface area contributed by atoms with E-state index < -0.39 is 70.0 Å². The van der Waals surface area contributed by atoms with Crippen molar-refractivity contribution >= 4 is 33.5 Å². The molecule has 34 heavy (non-hydrogen) atoms. The summed E-state index contributed by atoms with van der Waals surface area (Å²) in [6, 6.07) is 5.14. The van der Waals surface area contributed by atoms with Gasteiger partial charge in [-0.15, -0.1) is 0 Å². The first kappa shape index (κ1) is 25.3. The first-order valence-corrected chi connectivity index (χ1v) is 10.1. The van der Waals surface area contributed by atoms with E-state index in [-0.39, 0.29) is 10.6 Å². The summed E-state index contributed by atoms with van der Waals surface area (Å²) >= 11 is 2.83. The van der Waals surface area contributed by atoms with Gasteiger partial charge in [-0.3, -0.25) is 9.69 Å². The Morgan fingerprint density at radius 3 is 2.26 bits per heavy atom. The molecule has 2 aromatic rings. The van der Waals surface area contributed by atoms with E-state index in [4.69, 9.17) is 0 Å². The number of hydroxylamine groups is 2. The van der Waals surface area contributed by atoms with Crippen molar-refractivity contribution in [3.8, 4) is 0 Å². The highest BCUT2D eigenvalue weighted by Crippen LogP contribution is 2.35. The average molecular weight is 556 g/mol. The molecule has 0 radical (unpaired) electrons. The smallest absolute Gasteiger partial charge is 0.364 e. The topological polar surface area (TPSA) is 61.9 Å². The molecular formula is C20H13BrF7N3O3. The van der Waals surface area contributed by atoms with Gasteiger partial charge < -0.3 is 10.2 Å². The van der Waals surface area contributed by atoms with Gasteiger partial charge in [0.25, 0.3) is 5.91 Å². The van der Waals surface area contributed by atoms with Crippen molar-refractivity contribution in [2.75, 3.05) is 4.90 Å². The molecule has 0 saturated heterocycles. The van der Waals surface area contributed by atoms with Crippen molar-refractivity contribution in [1.82, 2.24) is 10.4 Å². The monoisotopic (exact) mass is 555 g/mol. The zero-order chi connectivity index (χ0) is 25.4. The summed E-state index contributed by atoms with van der Waals surface area (Å²) in [6.07, 6.45) is -7.16. The zero-order valence-electron chi connectivity index (χ0n) is 16.9. The van der Waals surface area contributed by atoms with Crippen LogP contribution in [0.25, 0.3) is 0 Å². The molecule has 1 unspecified atom stereocenters. The third-order valence-corrected chi connectivity index (χ3v) is 5.32. The van der Waals surface area contributed by atoms with E-state index in [0.29, 0.717) is 11.0 Å². The zero-order valence-corrected chi connectivity index (χ0v) is 18.5. The molecule has 0 saturated carbocycles. The molecule has 1 N–H and O–H groups in total. The number of halogens is 8. The second kappa shape index (κ2) is 9.52. The van der Waals surface area contributed by atoms with Crippen LogP contribution in [0.3, 0.4) is 0 Å². The minimum atomic E-state index is -5.46. The van der Waals surface area contributed by atoms with E-state index in [9.17, 15) is 40.3 Å². The molecular weight excluding hydrogens is 543 g/mol. The van der Waals surface area contributed by atoms with Crippen molar-refractivity contribution < 1.29 is 45.2 Å². The first-order valence-electron chi connectivity index (χ1n) is 9.26. The van der Waals surface area contributed by atoms with E-state index in [1.807, 2.05) is 0 Å². The number of nitrogens with one attached hydrogen (secondary N) is 1. The van der Waals surface area contributed by atoms with Crippen LogP contribution < -0.4 is 10.2 Å². The van der Waals surface area contributed by atoms with Crippen LogP contribution in [0.15, 0.2) is 46.7 Å².